The minimum atomic E-state index is -3.24. The highest BCUT2D eigenvalue weighted by atomic mass is 32.2. The molecule has 136 valence electrons. The first-order chi connectivity index (χ1) is 12.2. The monoisotopic (exact) mass is 392 g/mol. The fraction of sp³-hybridized carbons (Fsp3) is 0.235. The maximum atomic E-state index is 11.6. The zero-order valence-electron chi connectivity index (χ0n) is 14.3. The number of benzene rings is 1. The molecule has 0 saturated heterocycles. The fourth-order valence-electron chi connectivity index (χ4n) is 2.16. The van der Waals surface area contributed by atoms with Crippen LogP contribution in [0.3, 0.4) is 0 Å². The summed E-state index contributed by atoms with van der Waals surface area (Å²) in [5, 5.41) is 0.155. The highest BCUT2D eigenvalue weighted by Crippen LogP contribution is 2.29. The number of nitrogens with zero attached hydrogens (tertiary/aromatic N) is 2. The van der Waals surface area contributed by atoms with Crippen molar-refractivity contribution in [3.05, 3.63) is 36.4 Å². The molecule has 3 rings (SSSR count). The van der Waals surface area contributed by atoms with Gasteiger partial charge in [-0.05, 0) is 38.1 Å². The Balaban J connectivity index is 1.86. The number of ether oxygens (including phenoxy) is 2. The molecule has 7 nitrogen and oxygen atoms in total. The standard InChI is InChI=1S/C17H16N2O5S2/c1-10(2)23-17(20)24-16-19-14-9-8-13(18-15(14)25-16)11-4-6-12(7-5-11)26(3,21)22/h4-10H,1-3H3. The zero-order chi connectivity index (χ0) is 18.9. The van der Waals surface area contributed by atoms with E-state index in [0.717, 1.165) is 23.2 Å². The summed E-state index contributed by atoms with van der Waals surface area (Å²) >= 11 is 1.13. The number of thiazole rings is 1. The van der Waals surface area contributed by atoms with Crippen molar-refractivity contribution in [2.24, 2.45) is 0 Å². The van der Waals surface area contributed by atoms with Gasteiger partial charge in [-0.25, -0.2) is 23.2 Å². The van der Waals surface area contributed by atoms with Crippen LogP contribution in [-0.4, -0.2) is 36.9 Å². The third-order valence-electron chi connectivity index (χ3n) is 3.32. The lowest BCUT2D eigenvalue weighted by Crippen LogP contribution is -2.15. The summed E-state index contributed by atoms with van der Waals surface area (Å²) in [6.45, 7) is 3.45. The van der Waals surface area contributed by atoms with E-state index in [1.54, 1.807) is 50.2 Å². The second-order valence-electron chi connectivity index (χ2n) is 5.82. The van der Waals surface area contributed by atoms with E-state index >= 15 is 0 Å². The molecule has 0 radical (unpaired) electrons. The number of carbonyl (C=O) groups excluding carboxylic acids is 1. The van der Waals surface area contributed by atoms with E-state index in [1.165, 1.54) is 0 Å². The zero-order valence-corrected chi connectivity index (χ0v) is 15.9. The average molecular weight is 392 g/mol. The van der Waals surface area contributed by atoms with Crippen molar-refractivity contribution >= 4 is 37.7 Å². The largest absolute Gasteiger partial charge is 0.516 e. The van der Waals surface area contributed by atoms with Crippen LogP contribution >= 0.6 is 11.3 Å². The van der Waals surface area contributed by atoms with Gasteiger partial charge in [0, 0.05) is 11.8 Å². The summed E-state index contributed by atoms with van der Waals surface area (Å²) in [4.78, 5) is 21.1. The van der Waals surface area contributed by atoms with Crippen molar-refractivity contribution in [2.75, 3.05) is 6.26 Å². The van der Waals surface area contributed by atoms with Gasteiger partial charge in [0.1, 0.15) is 10.3 Å². The van der Waals surface area contributed by atoms with Gasteiger partial charge in [-0.3, -0.25) is 0 Å². The number of sulfone groups is 1. The van der Waals surface area contributed by atoms with Crippen LogP contribution in [-0.2, 0) is 14.6 Å². The van der Waals surface area contributed by atoms with E-state index < -0.39 is 16.0 Å². The number of pyridine rings is 1. The molecule has 2 heterocycles. The molecule has 0 saturated carbocycles. The minimum absolute atomic E-state index is 0.155. The predicted octanol–water partition coefficient (Wildman–Crippen LogP) is 3.69. The molecule has 0 N–H and O–H groups in total. The molecule has 3 aromatic rings. The van der Waals surface area contributed by atoms with Gasteiger partial charge in [-0.15, -0.1) is 0 Å². The summed E-state index contributed by atoms with van der Waals surface area (Å²) in [6.07, 6.45) is 0.0716. The second-order valence-corrected chi connectivity index (χ2v) is 8.77. The van der Waals surface area contributed by atoms with Crippen LogP contribution in [0.25, 0.3) is 21.6 Å². The minimum Gasteiger partial charge on any atom is -0.431 e. The Morgan fingerprint density at radius 3 is 2.38 bits per heavy atom. The maximum Gasteiger partial charge on any atom is 0.516 e. The van der Waals surface area contributed by atoms with Crippen molar-refractivity contribution < 1.29 is 22.7 Å². The second kappa shape index (κ2) is 7.00. The molecule has 26 heavy (non-hydrogen) atoms. The molecule has 0 spiro atoms. The van der Waals surface area contributed by atoms with Gasteiger partial charge in [0.2, 0.25) is 0 Å². The summed E-state index contributed by atoms with van der Waals surface area (Å²) < 4.78 is 33.0. The molecule has 1 aromatic carbocycles. The fourth-order valence-corrected chi connectivity index (χ4v) is 3.57. The van der Waals surface area contributed by atoms with E-state index in [0.29, 0.717) is 16.0 Å². The maximum absolute atomic E-state index is 11.6. The van der Waals surface area contributed by atoms with Crippen LogP contribution in [0.4, 0.5) is 4.79 Å². The van der Waals surface area contributed by atoms with Crippen LogP contribution in [0.2, 0.25) is 0 Å². The quantitative estimate of drug-likeness (QED) is 0.625. The van der Waals surface area contributed by atoms with E-state index in [9.17, 15) is 13.2 Å². The van der Waals surface area contributed by atoms with Crippen LogP contribution in [0.15, 0.2) is 41.3 Å². The van der Waals surface area contributed by atoms with E-state index in [1.807, 2.05) is 0 Å². The number of hydrogen-bond donors (Lipinski definition) is 0. The molecule has 9 heteroatoms. The van der Waals surface area contributed by atoms with Crippen molar-refractivity contribution in [3.63, 3.8) is 0 Å². The molecular weight excluding hydrogens is 376 g/mol. The molecule has 0 bridgehead atoms. The van der Waals surface area contributed by atoms with Crippen LogP contribution < -0.4 is 4.74 Å². The van der Waals surface area contributed by atoms with Gasteiger partial charge in [-0.2, -0.15) is 0 Å². The molecular formula is C17H16N2O5S2. The van der Waals surface area contributed by atoms with Crippen molar-refractivity contribution in [1.29, 1.82) is 0 Å². The topological polar surface area (TPSA) is 95.5 Å². The Kier molecular flexibility index (Phi) is 4.92. The molecule has 2 aromatic heterocycles. The van der Waals surface area contributed by atoms with Crippen LogP contribution in [0.5, 0.6) is 5.19 Å². The number of rotatable bonds is 4. The number of aromatic nitrogens is 2. The van der Waals surface area contributed by atoms with Crippen LogP contribution in [0, 0.1) is 0 Å². The van der Waals surface area contributed by atoms with Gasteiger partial charge in [0.15, 0.2) is 9.84 Å². The lowest BCUT2D eigenvalue weighted by Gasteiger charge is -2.05. The lowest BCUT2D eigenvalue weighted by atomic mass is 10.1. The first-order valence-electron chi connectivity index (χ1n) is 7.69. The number of carbonyl (C=O) groups is 1. The number of fused-ring (bicyclic) bond motifs is 1. The Hall–Kier alpha value is -2.52. The number of hydrogen-bond acceptors (Lipinski definition) is 8. The Morgan fingerprint density at radius 1 is 1.08 bits per heavy atom. The van der Waals surface area contributed by atoms with Gasteiger partial charge in [0.05, 0.1) is 16.7 Å². The summed E-state index contributed by atoms with van der Waals surface area (Å²) in [6, 6.07) is 10.0. The molecule has 0 unspecified atom stereocenters. The molecule has 0 aliphatic rings. The molecule has 0 aliphatic heterocycles. The SMILES string of the molecule is CC(C)OC(=O)Oc1nc2ccc(-c3ccc(S(C)(=O)=O)cc3)nc2s1. The van der Waals surface area contributed by atoms with Crippen molar-refractivity contribution in [2.45, 2.75) is 24.8 Å². The lowest BCUT2D eigenvalue weighted by molar-refractivity contribution is 0.0729. The summed E-state index contributed by atoms with van der Waals surface area (Å²) in [5.74, 6) is 0. The predicted molar refractivity (Wildman–Crippen MR) is 98.2 cm³/mol. The van der Waals surface area contributed by atoms with Gasteiger partial charge in [-0.1, -0.05) is 23.5 Å². The van der Waals surface area contributed by atoms with E-state index in [-0.39, 0.29) is 16.2 Å². The average Bonchev–Trinajstić information content (AvgIpc) is 2.94. The Labute approximate surface area is 154 Å². The highest BCUT2D eigenvalue weighted by molar-refractivity contribution is 7.90. The van der Waals surface area contributed by atoms with Gasteiger partial charge >= 0.3 is 6.16 Å². The summed E-state index contributed by atoms with van der Waals surface area (Å²) in [5.41, 5.74) is 2.03. The van der Waals surface area contributed by atoms with E-state index in [4.69, 9.17) is 9.47 Å². The Bertz CT molecular complexity index is 1060. The van der Waals surface area contributed by atoms with Crippen LogP contribution in [0.1, 0.15) is 13.8 Å². The third kappa shape index (κ3) is 4.17. The smallest absolute Gasteiger partial charge is 0.431 e. The van der Waals surface area contributed by atoms with Gasteiger partial charge < -0.3 is 9.47 Å². The first kappa shape index (κ1) is 18.3. The first-order valence-corrected chi connectivity index (χ1v) is 10.4. The third-order valence-corrected chi connectivity index (χ3v) is 5.29. The van der Waals surface area contributed by atoms with Crippen molar-refractivity contribution in [1.82, 2.24) is 9.97 Å². The van der Waals surface area contributed by atoms with E-state index in [2.05, 4.69) is 9.97 Å². The molecule has 0 aliphatic carbocycles. The summed E-state index contributed by atoms with van der Waals surface area (Å²) in [7, 11) is -3.24. The molecule has 0 atom stereocenters. The Morgan fingerprint density at radius 2 is 1.77 bits per heavy atom. The molecule has 0 amide bonds. The molecule has 0 fully saturated rings. The van der Waals surface area contributed by atoms with Gasteiger partial charge in [0.25, 0.3) is 5.19 Å². The highest BCUT2D eigenvalue weighted by Gasteiger charge is 2.14. The van der Waals surface area contributed by atoms with Crippen molar-refractivity contribution in [3.8, 4) is 16.5 Å². The normalized spacial score (nSPS) is 11.7.